The van der Waals surface area contributed by atoms with E-state index in [0.717, 1.165) is 49.8 Å². The summed E-state index contributed by atoms with van der Waals surface area (Å²) in [7, 11) is -4.02. The van der Waals surface area contributed by atoms with Crippen LogP contribution in [-0.2, 0) is 14.8 Å². The standard InChI is InChI=1S/C26H36ClFN2O4S/c1-3-5-7-17-29-25(20-9-11-21(27)12-10-20)24(26(31)32)19-30(18-8-6-4-2)35(33,34)23-15-13-22(28)14-16-23/h9-16,24-25,29H,3-8,17-19H2,1-2H3,(H,31,32). The lowest BCUT2D eigenvalue weighted by atomic mass is 9.92. The average Bonchev–Trinajstić information content (AvgIpc) is 2.83. The first-order chi connectivity index (χ1) is 16.7. The molecule has 2 aromatic rings. The van der Waals surface area contributed by atoms with Crippen LogP contribution in [0.15, 0.2) is 53.4 Å². The largest absolute Gasteiger partial charge is 0.481 e. The Morgan fingerprint density at radius 3 is 2.17 bits per heavy atom. The number of carboxylic acids is 1. The van der Waals surface area contributed by atoms with Gasteiger partial charge in [0.25, 0.3) is 0 Å². The Morgan fingerprint density at radius 2 is 1.60 bits per heavy atom. The molecule has 2 aromatic carbocycles. The van der Waals surface area contributed by atoms with Crippen molar-refractivity contribution in [1.29, 1.82) is 0 Å². The Morgan fingerprint density at radius 1 is 1.00 bits per heavy atom. The van der Waals surface area contributed by atoms with Gasteiger partial charge in [-0.25, -0.2) is 12.8 Å². The van der Waals surface area contributed by atoms with Gasteiger partial charge in [0.05, 0.1) is 10.8 Å². The van der Waals surface area contributed by atoms with Gasteiger partial charge in [-0.15, -0.1) is 0 Å². The molecule has 6 nitrogen and oxygen atoms in total. The molecular weight excluding hydrogens is 491 g/mol. The first kappa shape index (κ1) is 29.2. The van der Waals surface area contributed by atoms with Crippen molar-refractivity contribution in [3.63, 3.8) is 0 Å². The third-order valence-electron chi connectivity index (χ3n) is 5.96. The Balaban J connectivity index is 2.41. The number of carbonyl (C=O) groups is 1. The van der Waals surface area contributed by atoms with Gasteiger partial charge in [-0.05, 0) is 61.3 Å². The second-order valence-corrected chi connectivity index (χ2v) is 11.0. The summed E-state index contributed by atoms with van der Waals surface area (Å²) in [5.74, 6) is -2.68. The maximum absolute atomic E-state index is 13.5. The van der Waals surface area contributed by atoms with E-state index in [4.69, 9.17) is 11.6 Å². The van der Waals surface area contributed by atoms with Crippen LogP contribution < -0.4 is 5.32 Å². The van der Waals surface area contributed by atoms with E-state index >= 15 is 0 Å². The molecular formula is C26H36ClFN2O4S. The molecule has 2 atom stereocenters. The third kappa shape index (κ3) is 8.86. The number of unbranched alkanes of at least 4 members (excludes halogenated alkanes) is 4. The fourth-order valence-electron chi connectivity index (χ4n) is 3.94. The molecule has 0 aliphatic heterocycles. The summed E-state index contributed by atoms with van der Waals surface area (Å²) in [4.78, 5) is 12.4. The summed E-state index contributed by atoms with van der Waals surface area (Å²) in [5, 5.41) is 14.1. The molecule has 0 amide bonds. The van der Waals surface area contributed by atoms with Gasteiger partial charge in [-0.1, -0.05) is 63.3 Å². The van der Waals surface area contributed by atoms with Crippen LogP contribution >= 0.6 is 11.6 Å². The van der Waals surface area contributed by atoms with Crippen molar-refractivity contribution in [2.45, 2.75) is 63.3 Å². The van der Waals surface area contributed by atoms with E-state index in [0.29, 0.717) is 18.0 Å². The second-order valence-electron chi connectivity index (χ2n) is 8.66. The minimum atomic E-state index is -4.02. The average molecular weight is 527 g/mol. The van der Waals surface area contributed by atoms with Gasteiger partial charge in [0.2, 0.25) is 10.0 Å². The Kier molecular flexibility index (Phi) is 12.1. The number of halogens is 2. The molecule has 9 heteroatoms. The summed E-state index contributed by atoms with van der Waals surface area (Å²) in [6.45, 7) is 4.67. The van der Waals surface area contributed by atoms with Gasteiger partial charge >= 0.3 is 5.97 Å². The highest BCUT2D eigenvalue weighted by atomic mass is 35.5. The maximum atomic E-state index is 13.5. The van der Waals surface area contributed by atoms with Gasteiger partial charge in [0.1, 0.15) is 5.82 Å². The molecule has 2 N–H and O–H groups in total. The molecule has 35 heavy (non-hydrogen) atoms. The molecule has 0 aliphatic rings. The van der Waals surface area contributed by atoms with E-state index < -0.39 is 33.8 Å². The van der Waals surface area contributed by atoms with Crippen molar-refractivity contribution >= 4 is 27.6 Å². The number of sulfonamides is 1. The van der Waals surface area contributed by atoms with E-state index in [1.807, 2.05) is 6.92 Å². The lowest BCUT2D eigenvalue weighted by molar-refractivity contribution is -0.143. The molecule has 0 radical (unpaired) electrons. The Bertz CT molecular complexity index is 1020. The van der Waals surface area contributed by atoms with Crippen LogP contribution in [0.2, 0.25) is 5.02 Å². The molecule has 2 rings (SSSR count). The van der Waals surface area contributed by atoms with Crippen molar-refractivity contribution in [3.8, 4) is 0 Å². The van der Waals surface area contributed by atoms with Crippen molar-refractivity contribution in [2.75, 3.05) is 19.6 Å². The zero-order valence-corrected chi connectivity index (χ0v) is 22.0. The molecule has 2 unspecified atom stereocenters. The van der Waals surface area contributed by atoms with Crippen LogP contribution in [0.5, 0.6) is 0 Å². The fourth-order valence-corrected chi connectivity index (χ4v) is 5.57. The van der Waals surface area contributed by atoms with Crippen molar-refractivity contribution in [2.24, 2.45) is 5.92 Å². The predicted octanol–water partition coefficient (Wildman–Crippen LogP) is 5.88. The SMILES string of the molecule is CCCCCNC(c1ccc(Cl)cc1)C(CN(CCCCC)S(=O)(=O)c1ccc(F)cc1)C(=O)O. The van der Waals surface area contributed by atoms with Crippen LogP contribution in [0.25, 0.3) is 0 Å². The van der Waals surface area contributed by atoms with Crippen molar-refractivity contribution in [1.82, 2.24) is 9.62 Å². The predicted molar refractivity (Wildman–Crippen MR) is 138 cm³/mol. The summed E-state index contributed by atoms with van der Waals surface area (Å²) in [6.07, 6.45) is 5.19. The van der Waals surface area contributed by atoms with Gasteiger partial charge < -0.3 is 10.4 Å². The molecule has 0 saturated heterocycles. The quantitative estimate of drug-likeness (QED) is 0.267. The van der Waals surface area contributed by atoms with E-state index in [9.17, 15) is 22.7 Å². The van der Waals surface area contributed by atoms with Crippen LogP contribution in [0.3, 0.4) is 0 Å². The first-order valence-corrected chi connectivity index (χ1v) is 14.0. The smallest absolute Gasteiger partial charge is 0.309 e. The van der Waals surface area contributed by atoms with E-state index in [1.165, 1.54) is 16.4 Å². The minimum absolute atomic E-state index is 0.0570. The number of carboxylic acid groups (broad SMARTS) is 1. The second kappa shape index (κ2) is 14.5. The lowest BCUT2D eigenvalue weighted by Gasteiger charge is -2.31. The van der Waals surface area contributed by atoms with E-state index in [1.54, 1.807) is 24.3 Å². The van der Waals surface area contributed by atoms with Crippen molar-refractivity contribution in [3.05, 3.63) is 64.9 Å². The van der Waals surface area contributed by atoms with Gasteiger partial charge in [-0.2, -0.15) is 4.31 Å². The summed E-state index contributed by atoms with van der Waals surface area (Å²) in [6, 6.07) is 10.9. The molecule has 0 fully saturated rings. The van der Waals surface area contributed by atoms with Gasteiger partial charge in [0.15, 0.2) is 0 Å². The Hall–Kier alpha value is -2.00. The van der Waals surface area contributed by atoms with E-state index in [2.05, 4.69) is 12.2 Å². The number of benzene rings is 2. The van der Waals surface area contributed by atoms with Crippen LogP contribution in [0.1, 0.15) is 64.0 Å². The molecule has 0 bridgehead atoms. The zero-order chi connectivity index (χ0) is 25.8. The third-order valence-corrected chi connectivity index (χ3v) is 8.09. The maximum Gasteiger partial charge on any atom is 0.309 e. The monoisotopic (exact) mass is 526 g/mol. The van der Waals surface area contributed by atoms with Gasteiger partial charge in [0, 0.05) is 24.2 Å². The number of nitrogens with zero attached hydrogens (tertiary/aromatic N) is 1. The minimum Gasteiger partial charge on any atom is -0.481 e. The lowest BCUT2D eigenvalue weighted by Crippen LogP contribution is -2.44. The van der Waals surface area contributed by atoms with E-state index in [-0.39, 0.29) is 18.0 Å². The summed E-state index contributed by atoms with van der Waals surface area (Å²) in [5.41, 5.74) is 0.728. The normalized spacial score (nSPS) is 13.6. The fraction of sp³-hybridized carbons (Fsp3) is 0.500. The molecule has 0 saturated carbocycles. The zero-order valence-electron chi connectivity index (χ0n) is 20.4. The highest BCUT2D eigenvalue weighted by molar-refractivity contribution is 7.89. The number of hydrogen-bond donors (Lipinski definition) is 2. The van der Waals surface area contributed by atoms with Crippen LogP contribution in [-0.4, -0.2) is 43.4 Å². The number of rotatable bonds is 16. The number of nitrogens with one attached hydrogen (secondary N) is 1. The number of aliphatic carboxylic acids is 1. The Labute approximate surface area is 213 Å². The van der Waals surface area contributed by atoms with Crippen LogP contribution in [0.4, 0.5) is 4.39 Å². The highest BCUT2D eigenvalue weighted by Crippen LogP contribution is 2.28. The van der Waals surface area contributed by atoms with Gasteiger partial charge in [-0.3, -0.25) is 4.79 Å². The first-order valence-electron chi connectivity index (χ1n) is 12.2. The molecule has 0 spiro atoms. The topological polar surface area (TPSA) is 86.7 Å². The summed E-state index contributed by atoms with van der Waals surface area (Å²) >= 11 is 6.05. The highest BCUT2D eigenvalue weighted by Gasteiger charge is 2.35. The molecule has 194 valence electrons. The molecule has 0 aliphatic carbocycles. The van der Waals surface area contributed by atoms with Crippen molar-refractivity contribution < 1.29 is 22.7 Å². The number of hydrogen-bond acceptors (Lipinski definition) is 4. The molecule has 0 heterocycles. The molecule has 0 aromatic heterocycles. The van der Waals surface area contributed by atoms with Crippen LogP contribution in [0, 0.1) is 11.7 Å². The summed E-state index contributed by atoms with van der Waals surface area (Å²) < 4.78 is 41.6.